The van der Waals surface area contributed by atoms with Gasteiger partial charge in [-0.1, -0.05) is 5.57 Å². The second-order valence-electron chi connectivity index (χ2n) is 2.66. The minimum absolute atomic E-state index is 0.144. The third-order valence-electron chi connectivity index (χ3n) is 1.54. The van der Waals surface area contributed by atoms with Gasteiger partial charge in [-0.15, -0.1) is 0 Å². The number of allylic oxidation sites excluding steroid dienone is 1. The Balaban J connectivity index is 4.25. The van der Waals surface area contributed by atoms with E-state index in [4.69, 9.17) is 12.2 Å². The number of amides is 1. The molecule has 0 aromatic heterocycles. The fraction of sp³-hybridized carbons (Fsp3) is 0.500. The van der Waals surface area contributed by atoms with Crippen molar-refractivity contribution in [2.24, 2.45) is 0 Å². The van der Waals surface area contributed by atoms with Crippen LogP contribution in [0.1, 0.15) is 20.8 Å². The van der Waals surface area contributed by atoms with E-state index >= 15 is 0 Å². The molecule has 0 unspecified atom stereocenters. The van der Waals surface area contributed by atoms with Crippen LogP contribution in [0.25, 0.3) is 0 Å². The molecule has 0 spiro atoms. The molecule has 12 heavy (non-hydrogen) atoms. The van der Waals surface area contributed by atoms with E-state index in [1.807, 2.05) is 13.8 Å². The summed E-state index contributed by atoms with van der Waals surface area (Å²) >= 11 is 4.77. The van der Waals surface area contributed by atoms with Gasteiger partial charge in [-0.2, -0.15) is 0 Å². The lowest BCUT2D eigenvalue weighted by atomic mass is 10.2. The highest BCUT2D eigenvalue weighted by atomic mass is 32.1. The SMILES string of the molecule is CNC(=S)NC(=O)C(C)=C(C)C. The largest absolute Gasteiger partial charge is 0.365 e. The van der Waals surface area contributed by atoms with Crippen LogP contribution in [-0.2, 0) is 4.79 Å². The molecular weight excluding hydrogens is 172 g/mol. The molecule has 0 heterocycles. The highest BCUT2D eigenvalue weighted by Gasteiger charge is 2.05. The Morgan fingerprint density at radius 3 is 2.08 bits per heavy atom. The van der Waals surface area contributed by atoms with Gasteiger partial charge >= 0.3 is 0 Å². The second kappa shape index (κ2) is 4.87. The Kier molecular flexibility index (Phi) is 4.51. The summed E-state index contributed by atoms with van der Waals surface area (Å²) in [5.74, 6) is -0.144. The molecule has 2 N–H and O–H groups in total. The zero-order chi connectivity index (χ0) is 9.72. The van der Waals surface area contributed by atoms with E-state index in [1.165, 1.54) is 0 Å². The summed E-state index contributed by atoms with van der Waals surface area (Å²) in [6.07, 6.45) is 0. The molecule has 0 aliphatic carbocycles. The Hall–Kier alpha value is -0.900. The van der Waals surface area contributed by atoms with E-state index < -0.39 is 0 Å². The van der Waals surface area contributed by atoms with Crippen LogP contribution >= 0.6 is 12.2 Å². The Morgan fingerprint density at radius 1 is 1.25 bits per heavy atom. The minimum Gasteiger partial charge on any atom is -0.365 e. The van der Waals surface area contributed by atoms with Crippen molar-refractivity contribution in [2.75, 3.05) is 7.05 Å². The van der Waals surface area contributed by atoms with E-state index in [0.717, 1.165) is 5.57 Å². The Bertz CT molecular complexity index is 229. The number of thiocarbonyl (C=S) groups is 1. The van der Waals surface area contributed by atoms with Crippen LogP contribution in [-0.4, -0.2) is 18.1 Å². The summed E-state index contributed by atoms with van der Waals surface area (Å²) in [5, 5.41) is 5.55. The highest BCUT2D eigenvalue weighted by Crippen LogP contribution is 2.00. The second-order valence-corrected chi connectivity index (χ2v) is 3.07. The predicted octanol–water partition coefficient (Wildman–Crippen LogP) is 0.963. The molecule has 0 radical (unpaired) electrons. The van der Waals surface area contributed by atoms with Gasteiger partial charge in [0.2, 0.25) is 0 Å². The van der Waals surface area contributed by atoms with Crippen molar-refractivity contribution in [2.45, 2.75) is 20.8 Å². The summed E-state index contributed by atoms with van der Waals surface area (Å²) in [6.45, 7) is 5.54. The molecule has 0 aliphatic heterocycles. The summed E-state index contributed by atoms with van der Waals surface area (Å²) < 4.78 is 0. The van der Waals surface area contributed by atoms with Gasteiger partial charge in [0.25, 0.3) is 5.91 Å². The van der Waals surface area contributed by atoms with Crippen molar-refractivity contribution in [3.8, 4) is 0 Å². The van der Waals surface area contributed by atoms with E-state index in [-0.39, 0.29) is 5.91 Å². The van der Waals surface area contributed by atoms with Crippen molar-refractivity contribution in [1.82, 2.24) is 10.6 Å². The number of carbonyl (C=O) groups excluding carboxylic acids is 1. The first-order valence-electron chi connectivity index (χ1n) is 3.66. The van der Waals surface area contributed by atoms with Crippen molar-refractivity contribution in [3.05, 3.63) is 11.1 Å². The van der Waals surface area contributed by atoms with Crippen LogP contribution in [0.15, 0.2) is 11.1 Å². The van der Waals surface area contributed by atoms with Crippen LogP contribution in [0, 0.1) is 0 Å². The van der Waals surface area contributed by atoms with Gasteiger partial charge < -0.3 is 5.32 Å². The summed E-state index contributed by atoms with van der Waals surface area (Å²) in [5.41, 5.74) is 1.69. The van der Waals surface area contributed by atoms with Crippen LogP contribution in [0.2, 0.25) is 0 Å². The van der Waals surface area contributed by atoms with Gasteiger partial charge in [-0.05, 0) is 33.0 Å². The third-order valence-corrected chi connectivity index (χ3v) is 1.85. The first kappa shape index (κ1) is 11.1. The number of nitrogens with one attached hydrogen (secondary N) is 2. The molecule has 0 bridgehead atoms. The molecule has 0 aliphatic rings. The molecule has 4 heteroatoms. The van der Waals surface area contributed by atoms with E-state index in [1.54, 1.807) is 14.0 Å². The smallest absolute Gasteiger partial charge is 0.252 e. The highest BCUT2D eigenvalue weighted by molar-refractivity contribution is 7.80. The average Bonchev–Trinajstić information content (AvgIpc) is 2.02. The molecule has 0 saturated carbocycles. The van der Waals surface area contributed by atoms with Crippen LogP contribution in [0.5, 0.6) is 0 Å². The van der Waals surface area contributed by atoms with Crippen molar-refractivity contribution in [3.63, 3.8) is 0 Å². The molecule has 0 aromatic carbocycles. The molecule has 0 aromatic rings. The van der Waals surface area contributed by atoms with Crippen molar-refractivity contribution in [1.29, 1.82) is 0 Å². The minimum atomic E-state index is -0.144. The average molecular weight is 186 g/mol. The molecule has 68 valence electrons. The van der Waals surface area contributed by atoms with Gasteiger partial charge in [-0.25, -0.2) is 0 Å². The van der Waals surface area contributed by atoms with Crippen LogP contribution < -0.4 is 10.6 Å². The quantitative estimate of drug-likeness (QED) is 0.473. The fourth-order valence-electron chi connectivity index (χ4n) is 0.486. The number of carbonyl (C=O) groups is 1. The summed E-state index contributed by atoms with van der Waals surface area (Å²) in [6, 6.07) is 0. The maximum Gasteiger partial charge on any atom is 0.252 e. The first-order chi connectivity index (χ1) is 5.49. The standard InChI is InChI=1S/C8H14N2OS/c1-5(2)6(3)7(11)10-8(12)9-4/h1-4H3,(H2,9,10,11,12). The lowest BCUT2D eigenvalue weighted by Gasteiger charge is -2.06. The zero-order valence-electron chi connectivity index (χ0n) is 7.82. The zero-order valence-corrected chi connectivity index (χ0v) is 8.63. The maximum absolute atomic E-state index is 11.3. The van der Waals surface area contributed by atoms with Gasteiger partial charge in [-0.3, -0.25) is 10.1 Å². The van der Waals surface area contributed by atoms with Gasteiger partial charge in [0.15, 0.2) is 5.11 Å². The van der Waals surface area contributed by atoms with E-state index in [0.29, 0.717) is 10.7 Å². The monoisotopic (exact) mass is 186 g/mol. The molecule has 0 atom stereocenters. The lowest BCUT2D eigenvalue weighted by molar-refractivity contribution is -0.116. The maximum atomic E-state index is 11.3. The third kappa shape index (κ3) is 3.48. The van der Waals surface area contributed by atoms with Gasteiger partial charge in [0, 0.05) is 12.6 Å². The van der Waals surface area contributed by atoms with Crippen LogP contribution in [0.4, 0.5) is 0 Å². The normalized spacial score (nSPS) is 8.67. The van der Waals surface area contributed by atoms with Gasteiger partial charge in [0.05, 0.1) is 0 Å². The molecule has 1 amide bonds. The molecular formula is C8H14N2OS. The first-order valence-corrected chi connectivity index (χ1v) is 4.07. The summed E-state index contributed by atoms with van der Waals surface area (Å²) in [4.78, 5) is 11.3. The lowest BCUT2D eigenvalue weighted by Crippen LogP contribution is -2.37. The number of rotatable bonds is 1. The summed E-state index contributed by atoms with van der Waals surface area (Å²) in [7, 11) is 1.67. The van der Waals surface area contributed by atoms with E-state index in [9.17, 15) is 4.79 Å². The molecule has 0 fully saturated rings. The number of hydrogen-bond donors (Lipinski definition) is 2. The topological polar surface area (TPSA) is 41.1 Å². The molecule has 0 saturated heterocycles. The Morgan fingerprint density at radius 2 is 1.75 bits per heavy atom. The fourth-order valence-corrected chi connectivity index (χ4v) is 0.579. The Labute approximate surface area is 78.2 Å². The number of hydrogen-bond acceptors (Lipinski definition) is 2. The predicted molar refractivity (Wildman–Crippen MR) is 53.8 cm³/mol. The van der Waals surface area contributed by atoms with E-state index in [2.05, 4.69) is 10.6 Å². The van der Waals surface area contributed by atoms with Crippen molar-refractivity contribution < 1.29 is 4.79 Å². The van der Waals surface area contributed by atoms with Crippen molar-refractivity contribution >= 4 is 23.2 Å². The van der Waals surface area contributed by atoms with Gasteiger partial charge in [0.1, 0.15) is 0 Å². The van der Waals surface area contributed by atoms with Crippen LogP contribution in [0.3, 0.4) is 0 Å². The molecule has 3 nitrogen and oxygen atoms in total. The molecule has 0 rings (SSSR count).